The third-order valence-electron chi connectivity index (χ3n) is 5.01. The SMILES string of the molecule is C=C1CC(C)(C)Cc2cc(-c3c[nH]c4nc(NC(C)C)ncc34)ccc21. The topological polar surface area (TPSA) is 53.6 Å². The summed E-state index contributed by atoms with van der Waals surface area (Å²) < 4.78 is 0. The van der Waals surface area contributed by atoms with E-state index in [2.05, 4.69) is 72.7 Å². The number of aromatic amines is 1. The number of rotatable bonds is 3. The summed E-state index contributed by atoms with van der Waals surface area (Å²) in [5.41, 5.74) is 7.42. The Bertz CT molecular complexity index is 995. The van der Waals surface area contributed by atoms with Gasteiger partial charge in [-0.1, -0.05) is 38.6 Å². The van der Waals surface area contributed by atoms with Crippen molar-refractivity contribution in [3.63, 3.8) is 0 Å². The van der Waals surface area contributed by atoms with Crippen LogP contribution in [0.2, 0.25) is 0 Å². The van der Waals surface area contributed by atoms with Gasteiger partial charge >= 0.3 is 0 Å². The normalized spacial score (nSPS) is 16.1. The fourth-order valence-electron chi connectivity index (χ4n) is 3.98. The molecule has 2 aromatic heterocycles. The van der Waals surface area contributed by atoms with E-state index in [1.54, 1.807) is 0 Å². The van der Waals surface area contributed by atoms with Crippen molar-refractivity contribution in [3.8, 4) is 11.1 Å². The Morgan fingerprint density at radius 1 is 1.19 bits per heavy atom. The minimum Gasteiger partial charge on any atom is -0.352 e. The van der Waals surface area contributed by atoms with Crippen LogP contribution < -0.4 is 5.32 Å². The van der Waals surface area contributed by atoms with Crippen LogP contribution in [0.25, 0.3) is 27.7 Å². The van der Waals surface area contributed by atoms with Crippen LogP contribution >= 0.6 is 0 Å². The zero-order chi connectivity index (χ0) is 18.5. The van der Waals surface area contributed by atoms with E-state index >= 15 is 0 Å². The minimum atomic E-state index is 0.267. The van der Waals surface area contributed by atoms with Gasteiger partial charge in [-0.25, -0.2) is 4.98 Å². The highest BCUT2D eigenvalue weighted by Crippen LogP contribution is 2.42. The van der Waals surface area contributed by atoms with E-state index in [1.807, 2.05) is 12.4 Å². The largest absolute Gasteiger partial charge is 0.352 e. The zero-order valence-electron chi connectivity index (χ0n) is 16.0. The molecule has 2 heterocycles. The van der Waals surface area contributed by atoms with E-state index in [0.29, 0.717) is 12.0 Å². The molecule has 4 nitrogen and oxygen atoms in total. The van der Waals surface area contributed by atoms with Crippen LogP contribution in [-0.4, -0.2) is 21.0 Å². The molecule has 0 atom stereocenters. The van der Waals surface area contributed by atoms with Gasteiger partial charge in [0.25, 0.3) is 0 Å². The van der Waals surface area contributed by atoms with Crippen molar-refractivity contribution in [3.05, 3.63) is 48.3 Å². The molecule has 0 amide bonds. The summed E-state index contributed by atoms with van der Waals surface area (Å²) in [7, 11) is 0. The molecule has 0 saturated carbocycles. The van der Waals surface area contributed by atoms with Gasteiger partial charge in [-0.15, -0.1) is 0 Å². The third kappa shape index (κ3) is 3.00. The van der Waals surface area contributed by atoms with Gasteiger partial charge in [0, 0.05) is 29.4 Å². The van der Waals surface area contributed by atoms with E-state index in [0.717, 1.165) is 29.4 Å². The lowest BCUT2D eigenvalue weighted by molar-refractivity contribution is 0.365. The first-order valence-electron chi connectivity index (χ1n) is 9.24. The van der Waals surface area contributed by atoms with Crippen molar-refractivity contribution in [2.75, 3.05) is 5.32 Å². The molecule has 0 spiro atoms. The highest BCUT2D eigenvalue weighted by atomic mass is 15.1. The van der Waals surface area contributed by atoms with Gasteiger partial charge in [0.15, 0.2) is 0 Å². The molecular formula is C22H26N4. The van der Waals surface area contributed by atoms with Crippen molar-refractivity contribution in [2.45, 2.75) is 46.6 Å². The number of benzene rings is 1. The van der Waals surface area contributed by atoms with E-state index in [1.165, 1.54) is 22.3 Å². The molecule has 1 aliphatic rings. The Hall–Kier alpha value is -2.62. The number of fused-ring (bicyclic) bond motifs is 2. The van der Waals surface area contributed by atoms with Crippen molar-refractivity contribution in [1.82, 2.24) is 15.0 Å². The quantitative estimate of drug-likeness (QED) is 0.665. The molecule has 0 bridgehead atoms. The van der Waals surface area contributed by atoms with Crippen LogP contribution in [0.1, 0.15) is 45.2 Å². The lowest BCUT2D eigenvalue weighted by atomic mass is 9.72. The van der Waals surface area contributed by atoms with Gasteiger partial charge < -0.3 is 10.3 Å². The maximum Gasteiger partial charge on any atom is 0.224 e. The van der Waals surface area contributed by atoms with Gasteiger partial charge in [-0.2, -0.15) is 4.98 Å². The number of H-pyrrole nitrogens is 1. The predicted molar refractivity (Wildman–Crippen MR) is 109 cm³/mol. The average Bonchev–Trinajstić information content (AvgIpc) is 2.95. The Morgan fingerprint density at radius 3 is 2.77 bits per heavy atom. The smallest absolute Gasteiger partial charge is 0.224 e. The molecule has 26 heavy (non-hydrogen) atoms. The summed E-state index contributed by atoms with van der Waals surface area (Å²) in [6.07, 6.45) is 6.08. The molecule has 0 fully saturated rings. The maximum absolute atomic E-state index is 4.59. The zero-order valence-corrected chi connectivity index (χ0v) is 16.0. The number of aromatic nitrogens is 3. The number of hydrogen-bond acceptors (Lipinski definition) is 3. The molecule has 2 N–H and O–H groups in total. The number of allylic oxidation sites excluding steroid dienone is 1. The van der Waals surface area contributed by atoms with Crippen molar-refractivity contribution in [1.29, 1.82) is 0 Å². The Labute approximate surface area is 154 Å². The highest BCUT2D eigenvalue weighted by Gasteiger charge is 2.27. The van der Waals surface area contributed by atoms with Gasteiger partial charge in [0.2, 0.25) is 5.95 Å². The Morgan fingerprint density at radius 2 is 2.00 bits per heavy atom. The standard InChI is InChI=1S/C22H26N4/c1-13(2)25-21-24-12-19-18(11-23-20(19)26-21)15-6-7-17-14(3)9-22(4,5)10-16(17)8-15/h6-8,11-13H,3,9-10H2,1-2,4-5H3,(H2,23,24,25,26). The van der Waals surface area contributed by atoms with Gasteiger partial charge in [0.1, 0.15) is 5.65 Å². The molecule has 134 valence electrons. The molecule has 0 unspecified atom stereocenters. The van der Waals surface area contributed by atoms with Crippen LogP contribution in [0.15, 0.2) is 37.2 Å². The average molecular weight is 346 g/mol. The Balaban J connectivity index is 1.75. The Kier molecular flexibility index (Phi) is 3.87. The molecule has 3 aromatic rings. The number of nitrogens with one attached hydrogen (secondary N) is 2. The van der Waals surface area contributed by atoms with Crippen LogP contribution in [0.3, 0.4) is 0 Å². The molecular weight excluding hydrogens is 320 g/mol. The maximum atomic E-state index is 4.59. The van der Waals surface area contributed by atoms with Crippen molar-refractivity contribution >= 4 is 22.6 Å². The highest BCUT2D eigenvalue weighted by molar-refractivity contribution is 5.94. The minimum absolute atomic E-state index is 0.267. The van der Waals surface area contributed by atoms with Gasteiger partial charge in [-0.3, -0.25) is 0 Å². The van der Waals surface area contributed by atoms with E-state index in [9.17, 15) is 0 Å². The lowest BCUT2D eigenvalue weighted by Crippen LogP contribution is -2.21. The summed E-state index contributed by atoms with van der Waals surface area (Å²) in [5.74, 6) is 0.657. The van der Waals surface area contributed by atoms with Crippen LogP contribution in [-0.2, 0) is 6.42 Å². The molecule has 4 heteroatoms. The molecule has 0 radical (unpaired) electrons. The van der Waals surface area contributed by atoms with E-state index < -0.39 is 0 Å². The molecule has 1 aliphatic carbocycles. The number of nitrogens with zero attached hydrogens (tertiary/aromatic N) is 2. The van der Waals surface area contributed by atoms with Crippen molar-refractivity contribution < 1.29 is 0 Å². The van der Waals surface area contributed by atoms with Gasteiger partial charge in [-0.05, 0) is 54.4 Å². The predicted octanol–water partition coefficient (Wildman–Crippen LogP) is 5.43. The molecule has 0 saturated heterocycles. The summed E-state index contributed by atoms with van der Waals surface area (Å²) in [6.45, 7) is 13.1. The second-order valence-corrected chi connectivity index (χ2v) is 8.45. The van der Waals surface area contributed by atoms with Crippen LogP contribution in [0.4, 0.5) is 5.95 Å². The van der Waals surface area contributed by atoms with Gasteiger partial charge in [0.05, 0.1) is 0 Å². The number of anilines is 1. The van der Waals surface area contributed by atoms with Crippen LogP contribution in [0, 0.1) is 5.41 Å². The first-order valence-corrected chi connectivity index (χ1v) is 9.24. The third-order valence-corrected chi connectivity index (χ3v) is 5.01. The summed E-state index contributed by atoms with van der Waals surface area (Å²) in [6, 6.07) is 7.02. The monoisotopic (exact) mass is 346 g/mol. The summed E-state index contributed by atoms with van der Waals surface area (Å²) in [5, 5.41) is 4.30. The lowest BCUT2D eigenvalue weighted by Gasteiger charge is -2.33. The fraction of sp³-hybridized carbons (Fsp3) is 0.364. The summed E-state index contributed by atoms with van der Waals surface area (Å²) >= 11 is 0. The first-order chi connectivity index (χ1) is 12.3. The first kappa shape index (κ1) is 16.8. The number of hydrogen-bond donors (Lipinski definition) is 2. The summed E-state index contributed by atoms with van der Waals surface area (Å²) in [4.78, 5) is 12.4. The second kappa shape index (κ2) is 5.97. The van der Waals surface area contributed by atoms with Crippen LogP contribution in [0.5, 0.6) is 0 Å². The van der Waals surface area contributed by atoms with Crippen molar-refractivity contribution in [2.24, 2.45) is 5.41 Å². The molecule has 0 aliphatic heterocycles. The second-order valence-electron chi connectivity index (χ2n) is 8.45. The molecule has 4 rings (SSSR count). The molecule has 1 aromatic carbocycles. The fourth-order valence-corrected chi connectivity index (χ4v) is 3.98. The van der Waals surface area contributed by atoms with E-state index in [4.69, 9.17) is 0 Å². The van der Waals surface area contributed by atoms with E-state index in [-0.39, 0.29) is 5.41 Å².